The molecular weight excluding hydrogens is 390 g/mol. The van der Waals surface area contributed by atoms with E-state index in [9.17, 15) is 4.79 Å². The van der Waals surface area contributed by atoms with Gasteiger partial charge in [-0.25, -0.2) is 4.79 Å². The summed E-state index contributed by atoms with van der Waals surface area (Å²) in [7, 11) is 0. The number of nitrogens with zero attached hydrogens (tertiary/aromatic N) is 2. The summed E-state index contributed by atoms with van der Waals surface area (Å²) in [4.78, 5) is 19.1. The van der Waals surface area contributed by atoms with Crippen molar-refractivity contribution in [1.82, 2.24) is 10.3 Å². The van der Waals surface area contributed by atoms with E-state index in [2.05, 4.69) is 21.3 Å². The number of aromatic nitrogens is 1. The first-order valence-electron chi connectivity index (χ1n) is 10.6. The highest BCUT2D eigenvalue weighted by atomic mass is 16.6. The van der Waals surface area contributed by atoms with Crippen molar-refractivity contribution >= 4 is 22.7 Å². The van der Waals surface area contributed by atoms with Crippen molar-refractivity contribution in [2.24, 2.45) is 0 Å². The van der Waals surface area contributed by atoms with E-state index in [1.54, 1.807) is 0 Å². The molecule has 1 amide bonds. The Bertz CT molecular complexity index is 1080. The van der Waals surface area contributed by atoms with Crippen molar-refractivity contribution in [3.8, 4) is 11.5 Å². The Balaban J connectivity index is 1.55. The first-order chi connectivity index (χ1) is 14.8. The molecule has 162 valence electrons. The maximum absolute atomic E-state index is 12.2. The van der Waals surface area contributed by atoms with Crippen molar-refractivity contribution in [3.63, 3.8) is 0 Å². The van der Waals surface area contributed by atoms with Gasteiger partial charge in [-0.2, -0.15) is 0 Å². The van der Waals surface area contributed by atoms with Crippen LogP contribution in [0.15, 0.2) is 54.6 Å². The minimum atomic E-state index is -0.367. The highest BCUT2D eigenvalue weighted by Gasteiger charge is 2.28. The molecule has 0 radical (unpaired) electrons. The maximum atomic E-state index is 12.2. The van der Waals surface area contributed by atoms with E-state index in [-0.39, 0.29) is 17.7 Å². The van der Waals surface area contributed by atoms with E-state index >= 15 is 0 Å². The molecule has 1 aliphatic rings. The van der Waals surface area contributed by atoms with Crippen LogP contribution in [0, 0.1) is 6.92 Å². The predicted octanol–water partition coefficient (Wildman–Crippen LogP) is 5.44. The SMILES string of the molecule is Cc1cc(N2CCC(OC(=O)NC(C)(C)C)C2)c2cc(Oc3ccccc3)ccc2n1. The van der Waals surface area contributed by atoms with Gasteiger partial charge in [0.25, 0.3) is 0 Å². The number of aryl methyl sites for hydroxylation is 1. The number of ether oxygens (including phenoxy) is 2. The first-order valence-corrected chi connectivity index (χ1v) is 10.6. The summed E-state index contributed by atoms with van der Waals surface area (Å²) in [6, 6.07) is 17.8. The fourth-order valence-electron chi connectivity index (χ4n) is 3.80. The Morgan fingerprint density at radius 1 is 1.10 bits per heavy atom. The first kappa shape index (κ1) is 21.0. The number of alkyl carbamates (subject to hydrolysis) is 1. The van der Waals surface area contributed by atoms with E-state index in [0.29, 0.717) is 6.54 Å². The summed E-state index contributed by atoms with van der Waals surface area (Å²) >= 11 is 0. The van der Waals surface area contributed by atoms with Gasteiger partial charge in [0.1, 0.15) is 17.6 Å². The molecule has 1 atom stereocenters. The van der Waals surface area contributed by atoms with Crippen LogP contribution in [0.25, 0.3) is 10.9 Å². The predicted molar refractivity (Wildman–Crippen MR) is 123 cm³/mol. The van der Waals surface area contributed by atoms with Crippen LogP contribution >= 0.6 is 0 Å². The van der Waals surface area contributed by atoms with Gasteiger partial charge in [0.05, 0.1) is 12.1 Å². The van der Waals surface area contributed by atoms with Gasteiger partial charge < -0.3 is 19.7 Å². The van der Waals surface area contributed by atoms with Crippen LogP contribution in [0.5, 0.6) is 11.5 Å². The molecule has 1 saturated heterocycles. The summed E-state index contributed by atoms with van der Waals surface area (Å²) < 4.78 is 11.7. The van der Waals surface area contributed by atoms with Crippen molar-refractivity contribution in [1.29, 1.82) is 0 Å². The highest BCUT2D eigenvalue weighted by Crippen LogP contribution is 2.33. The van der Waals surface area contributed by atoms with Gasteiger partial charge in [-0.3, -0.25) is 4.98 Å². The number of carbonyl (C=O) groups excluding carboxylic acids is 1. The number of hydrogen-bond donors (Lipinski definition) is 1. The molecule has 6 heteroatoms. The molecule has 0 spiro atoms. The molecule has 31 heavy (non-hydrogen) atoms. The van der Waals surface area contributed by atoms with Crippen LogP contribution in [0.2, 0.25) is 0 Å². The van der Waals surface area contributed by atoms with Gasteiger partial charge in [-0.15, -0.1) is 0 Å². The number of anilines is 1. The summed E-state index contributed by atoms with van der Waals surface area (Å²) in [6.45, 7) is 9.29. The minimum Gasteiger partial charge on any atom is -0.457 e. The van der Waals surface area contributed by atoms with Crippen LogP contribution in [-0.4, -0.2) is 35.8 Å². The number of benzene rings is 2. The van der Waals surface area contributed by atoms with Gasteiger partial charge >= 0.3 is 6.09 Å². The number of carbonyl (C=O) groups is 1. The van der Waals surface area contributed by atoms with Crippen LogP contribution in [0.4, 0.5) is 10.5 Å². The zero-order chi connectivity index (χ0) is 22.0. The Morgan fingerprint density at radius 2 is 1.87 bits per heavy atom. The van der Waals surface area contributed by atoms with Gasteiger partial charge in [-0.05, 0) is 64.1 Å². The smallest absolute Gasteiger partial charge is 0.407 e. The van der Waals surface area contributed by atoms with E-state index in [4.69, 9.17) is 9.47 Å². The number of amides is 1. The zero-order valence-electron chi connectivity index (χ0n) is 18.5. The average molecular weight is 420 g/mol. The lowest BCUT2D eigenvalue weighted by molar-refractivity contribution is 0.101. The molecule has 0 saturated carbocycles. The van der Waals surface area contributed by atoms with Gasteiger partial charge in [0.15, 0.2) is 0 Å². The number of pyridine rings is 1. The number of rotatable bonds is 4. The molecule has 0 aliphatic carbocycles. The normalized spacial score (nSPS) is 16.4. The fourth-order valence-corrected chi connectivity index (χ4v) is 3.80. The van der Waals surface area contributed by atoms with E-state index in [0.717, 1.165) is 46.7 Å². The highest BCUT2D eigenvalue weighted by molar-refractivity contribution is 5.93. The van der Waals surface area contributed by atoms with Gasteiger partial charge in [0, 0.05) is 35.3 Å². The number of para-hydroxylation sites is 1. The van der Waals surface area contributed by atoms with E-state index in [1.807, 2.05) is 76.2 Å². The number of nitrogens with one attached hydrogen (secondary N) is 1. The molecule has 2 heterocycles. The largest absolute Gasteiger partial charge is 0.457 e. The van der Waals surface area contributed by atoms with Crippen molar-refractivity contribution in [3.05, 3.63) is 60.3 Å². The zero-order valence-corrected chi connectivity index (χ0v) is 18.5. The number of hydrogen-bond acceptors (Lipinski definition) is 5. The summed E-state index contributed by atoms with van der Waals surface area (Å²) in [5, 5.41) is 3.89. The van der Waals surface area contributed by atoms with Crippen molar-refractivity contribution in [2.75, 3.05) is 18.0 Å². The third-order valence-electron chi connectivity index (χ3n) is 5.10. The van der Waals surface area contributed by atoms with Crippen LogP contribution in [-0.2, 0) is 4.74 Å². The lowest BCUT2D eigenvalue weighted by Gasteiger charge is -2.23. The Kier molecular flexibility index (Phi) is 5.72. The Labute approximate surface area is 183 Å². The van der Waals surface area contributed by atoms with Gasteiger partial charge in [-0.1, -0.05) is 18.2 Å². The lowest BCUT2D eigenvalue weighted by atomic mass is 10.1. The topological polar surface area (TPSA) is 63.7 Å². The lowest BCUT2D eigenvalue weighted by Crippen LogP contribution is -2.42. The molecule has 3 aromatic rings. The Morgan fingerprint density at radius 3 is 2.61 bits per heavy atom. The maximum Gasteiger partial charge on any atom is 0.407 e. The molecule has 0 bridgehead atoms. The fraction of sp³-hybridized carbons (Fsp3) is 0.360. The molecule has 4 rings (SSSR count). The molecule has 6 nitrogen and oxygen atoms in total. The average Bonchev–Trinajstić information content (AvgIpc) is 3.15. The third-order valence-corrected chi connectivity index (χ3v) is 5.10. The molecule has 1 unspecified atom stereocenters. The van der Waals surface area contributed by atoms with Crippen LogP contribution in [0.3, 0.4) is 0 Å². The van der Waals surface area contributed by atoms with Crippen molar-refractivity contribution in [2.45, 2.75) is 45.8 Å². The second-order valence-corrected chi connectivity index (χ2v) is 9.01. The summed E-state index contributed by atoms with van der Waals surface area (Å²) in [5.74, 6) is 1.56. The number of fused-ring (bicyclic) bond motifs is 1. The van der Waals surface area contributed by atoms with E-state index in [1.165, 1.54) is 0 Å². The standard InChI is InChI=1S/C25H29N3O3/c1-17-14-23(28-13-12-20(16-28)31-24(29)27-25(2,3)4)21-15-19(10-11-22(21)26-17)30-18-8-6-5-7-9-18/h5-11,14-15,20H,12-13,16H2,1-4H3,(H,27,29). The molecule has 2 aromatic carbocycles. The molecular formula is C25H29N3O3. The second-order valence-electron chi connectivity index (χ2n) is 9.01. The second kappa shape index (κ2) is 8.46. The molecule has 1 aliphatic heterocycles. The quantitative estimate of drug-likeness (QED) is 0.610. The Hall–Kier alpha value is -3.28. The monoisotopic (exact) mass is 419 g/mol. The molecule has 1 aromatic heterocycles. The molecule has 1 N–H and O–H groups in total. The van der Waals surface area contributed by atoms with Crippen molar-refractivity contribution < 1.29 is 14.3 Å². The summed E-state index contributed by atoms with van der Waals surface area (Å²) in [5.41, 5.74) is 2.64. The van der Waals surface area contributed by atoms with Crippen LogP contribution in [0.1, 0.15) is 32.9 Å². The molecule has 1 fully saturated rings. The van der Waals surface area contributed by atoms with Gasteiger partial charge in [0.2, 0.25) is 0 Å². The minimum absolute atomic E-state index is 0.144. The van der Waals surface area contributed by atoms with Crippen LogP contribution < -0.4 is 15.0 Å². The van der Waals surface area contributed by atoms with E-state index < -0.39 is 0 Å². The third kappa shape index (κ3) is 5.26. The summed E-state index contributed by atoms with van der Waals surface area (Å²) in [6.07, 6.45) is 0.281.